The fourth-order valence-corrected chi connectivity index (χ4v) is 4.77. The first kappa shape index (κ1) is 20.4. The van der Waals surface area contributed by atoms with Crippen molar-refractivity contribution >= 4 is 45.0 Å². The molecular formula is C16H18N2O5S3. The Morgan fingerprint density at radius 2 is 1.96 bits per heavy atom. The van der Waals surface area contributed by atoms with E-state index in [2.05, 4.69) is 5.32 Å². The van der Waals surface area contributed by atoms with Gasteiger partial charge in [0.2, 0.25) is 10.0 Å². The van der Waals surface area contributed by atoms with Gasteiger partial charge in [0.15, 0.2) is 0 Å². The predicted octanol–water partition coefficient (Wildman–Crippen LogP) is 1.98. The lowest BCUT2D eigenvalue weighted by Gasteiger charge is -2.12. The number of benzene rings is 1. The largest absolute Gasteiger partial charge is 0.468 e. The van der Waals surface area contributed by atoms with Crippen LogP contribution in [0.2, 0.25) is 0 Å². The van der Waals surface area contributed by atoms with Crippen LogP contribution < -0.4 is 10.5 Å². The van der Waals surface area contributed by atoms with Crippen LogP contribution in [0.4, 0.5) is 0 Å². The van der Waals surface area contributed by atoms with Gasteiger partial charge in [-0.25, -0.2) is 13.6 Å². The Morgan fingerprint density at radius 3 is 2.58 bits per heavy atom. The summed E-state index contributed by atoms with van der Waals surface area (Å²) in [5, 5.41) is 7.36. The van der Waals surface area contributed by atoms with Crippen molar-refractivity contribution in [2.45, 2.75) is 27.8 Å². The first-order chi connectivity index (χ1) is 12.2. The number of methoxy groups -OCH3 is 1. The Hall–Kier alpha value is -1.88. The molecule has 1 aromatic carbocycles. The van der Waals surface area contributed by atoms with E-state index in [9.17, 15) is 18.0 Å². The summed E-state index contributed by atoms with van der Waals surface area (Å²) in [4.78, 5) is 25.4. The molecule has 140 valence electrons. The van der Waals surface area contributed by atoms with Crippen LogP contribution in [0.15, 0.2) is 45.5 Å². The van der Waals surface area contributed by atoms with Crippen molar-refractivity contribution in [3.8, 4) is 0 Å². The van der Waals surface area contributed by atoms with E-state index in [0.717, 1.165) is 11.3 Å². The molecule has 0 aliphatic rings. The van der Waals surface area contributed by atoms with Gasteiger partial charge in [0.1, 0.15) is 9.46 Å². The van der Waals surface area contributed by atoms with Crippen LogP contribution in [-0.4, -0.2) is 32.7 Å². The normalized spacial score (nSPS) is 12.4. The number of carbonyl (C=O) groups is 2. The number of hydrogen-bond donors (Lipinski definition) is 2. The molecule has 0 fully saturated rings. The summed E-state index contributed by atoms with van der Waals surface area (Å²) in [5.74, 6) is -0.699. The summed E-state index contributed by atoms with van der Waals surface area (Å²) in [6.07, 6.45) is 0. The number of hydrogen-bond acceptors (Lipinski definition) is 7. The zero-order valence-corrected chi connectivity index (χ0v) is 16.5. The Balaban J connectivity index is 2.08. The van der Waals surface area contributed by atoms with Crippen molar-refractivity contribution < 1.29 is 22.7 Å². The molecule has 1 heterocycles. The molecule has 3 N–H and O–H groups in total. The van der Waals surface area contributed by atoms with Gasteiger partial charge in [0.05, 0.1) is 19.2 Å². The van der Waals surface area contributed by atoms with E-state index >= 15 is 0 Å². The minimum absolute atomic E-state index is 0.0459. The first-order valence-corrected chi connectivity index (χ1v) is 10.7. The van der Waals surface area contributed by atoms with E-state index in [1.165, 1.54) is 24.9 Å². The third-order valence-electron chi connectivity index (χ3n) is 3.31. The Labute approximate surface area is 160 Å². The summed E-state index contributed by atoms with van der Waals surface area (Å²) in [6, 6.07) is 9.93. The fourth-order valence-electron chi connectivity index (χ4n) is 2.03. The summed E-state index contributed by atoms with van der Waals surface area (Å²) in [7, 11) is -2.43. The molecule has 0 bridgehead atoms. The Kier molecular flexibility index (Phi) is 6.81. The minimum Gasteiger partial charge on any atom is -0.468 e. The summed E-state index contributed by atoms with van der Waals surface area (Å²) >= 11 is 2.24. The number of thioether (sulfide) groups is 1. The van der Waals surface area contributed by atoms with E-state index in [0.29, 0.717) is 15.3 Å². The average molecular weight is 415 g/mol. The van der Waals surface area contributed by atoms with Crippen LogP contribution in [0.3, 0.4) is 0 Å². The number of nitrogens with one attached hydrogen (secondary N) is 1. The van der Waals surface area contributed by atoms with Gasteiger partial charge in [0, 0.05) is 9.77 Å². The van der Waals surface area contributed by atoms with E-state index in [-0.39, 0.29) is 22.6 Å². The fraction of sp³-hybridized carbons (Fsp3) is 0.250. The third kappa shape index (κ3) is 5.31. The van der Waals surface area contributed by atoms with E-state index in [4.69, 9.17) is 9.88 Å². The summed E-state index contributed by atoms with van der Waals surface area (Å²) in [5.41, 5.74) is 0.427. The number of nitrogens with two attached hydrogens (primary N) is 1. The second-order valence-electron chi connectivity index (χ2n) is 5.23. The molecule has 0 radical (unpaired) electrons. The van der Waals surface area contributed by atoms with Crippen LogP contribution in [0.5, 0.6) is 0 Å². The molecule has 26 heavy (non-hydrogen) atoms. The molecule has 2 aromatic rings. The highest BCUT2D eigenvalue weighted by Crippen LogP contribution is 2.27. The molecule has 0 saturated carbocycles. The highest BCUT2D eigenvalue weighted by atomic mass is 32.2. The minimum atomic E-state index is -3.74. The van der Waals surface area contributed by atoms with Gasteiger partial charge in [-0.3, -0.25) is 9.59 Å². The SMILES string of the molecule is COC(=O)C(C)Sc1ccccc1C(=O)NCc1ccc(S(N)(=O)=O)s1. The number of thiophene rings is 1. The van der Waals surface area contributed by atoms with E-state index < -0.39 is 15.3 Å². The van der Waals surface area contributed by atoms with Crippen LogP contribution in [0.1, 0.15) is 22.2 Å². The van der Waals surface area contributed by atoms with Crippen molar-refractivity contribution in [2.75, 3.05) is 7.11 Å². The van der Waals surface area contributed by atoms with E-state index in [1.54, 1.807) is 37.3 Å². The number of esters is 1. The molecule has 0 saturated heterocycles. The third-order valence-corrected chi connectivity index (χ3v) is 6.99. The summed E-state index contributed by atoms with van der Waals surface area (Å²) < 4.78 is 27.3. The lowest BCUT2D eigenvalue weighted by Crippen LogP contribution is -2.23. The number of amides is 1. The van der Waals surface area contributed by atoms with Gasteiger partial charge in [-0.05, 0) is 31.2 Å². The highest BCUT2D eigenvalue weighted by molar-refractivity contribution is 8.00. The van der Waals surface area contributed by atoms with Crippen molar-refractivity contribution in [3.05, 3.63) is 46.8 Å². The molecule has 1 aromatic heterocycles. The van der Waals surface area contributed by atoms with Gasteiger partial charge < -0.3 is 10.1 Å². The predicted molar refractivity (Wildman–Crippen MR) is 101 cm³/mol. The van der Waals surface area contributed by atoms with E-state index in [1.807, 2.05) is 0 Å². The van der Waals surface area contributed by atoms with Crippen molar-refractivity contribution in [3.63, 3.8) is 0 Å². The van der Waals surface area contributed by atoms with Gasteiger partial charge >= 0.3 is 5.97 Å². The van der Waals surface area contributed by atoms with Gasteiger partial charge in [0.25, 0.3) is 5.91 Å². The molecular weight excluding hydrogens is 396 g/mol. The van der Waals surface area contributed by atoms with Crippen LogP contribution in [-0.2, 0) is 26.1 Å². The smallest absolute Gasteiger partial charge is 0.318 e. The zero-order chi connectivity index (χ0) is 19.3. The first-order valence-electron chi connectivity index (χ1n) is 7.45. The van der Waals surface area contributed by atoms with Gasteiger partial charge in [-0.15, -0.1) is 23.1 Å². The van der Waals surface area contributed by atoms with Gasteiger partial charge in [-0.2, -0.15) is 0 Å². The molecule has 0 aliphatic heterocycles. The molecule has 2 rings (SSSR count). The van der Waals surface area contributed by atoms with Crippen LogP contribution in [0, 0.1) is 0 Å². The molecule has 10 heteroatoms. The van der Waals surface area contributed by atoms with Crippen molar-refractivity contribution in [1.82, 2.24) is 5.32 Å². The maximum Gasteiger partial charge on any atom is 0.318 e. The van der Waals surface area contributed by atoms with Crippen molar-refractivity contribution in [2.24, 2.45) is 5.14 Å². The molecule has 0 spiro atoms. The number of rotatable bonds is 7. The molecule has 7 nitrogen and oxygen atoms in total. The van der Waals surface area contributed by atoms with Gasteiger partial charge in [-0.1, -0.05) is 12.1 Å². The summed E-state index contributed by atoms with van der Waals surface area (Å²) in [6.45, 7) is 1.87. The number of ether oxygens (including phenoxy) is 1. The van der Waals surface area contributed by atoms with Crippen LogP contribution in [0.25, 0.3) is 0 Å². The highest BCUT2D eigenvalue weighted by Gasteiger charge is 2.19. The maximum absolute atomic E-state index is 12.5. The van der Waals surface area contributed by atoms with Crippen molar-refractivity contribution in [1.29, 1.82) is 0 Å². The molecule has 1 amide bonds. The lowest BCUT2D eigenvalue weighted by molar-refractivity contribution is -0.139. The topological polar surface area (TPSA) is 116 Å². The Bertz CT molecular complexity index is 908. The Morgan fingerprint density at radius 1 is 1.27 bits per heavy atom. The van der Waals surface area contributed by atoms with Crippen LogP contribution >= 0.6 is 23.1 Å². The average Bonchev–Trinajstić information content (AvgIpc) is 3.08. The lowest BCUT2D eigenvalue weighted by atomic mass is 10.2. The number of sulfonamides is 1. The molecule has 0 aliphatic carbocycles. The maximum atomic E-state index is 12.5. The quantitative estimate of drug-likeness (QED) is 0.529. The monoisotopic (exact) mass is 414 g/mol. The molecule has 1 unspecified atom stereocenters. The zero-order valence-electron chi connectivity index (χ0n) is 14.1. The standard InChI is InChI=1S/C16H18N2O5S3/c1-10(16(20)23-2)24-13-6-4-3-5-12(13)15(19)18-9-11-7-8-14(25-11)26(17,21)22/h3-8,10H,9H2,1-2H3,(H,18,19)(H2,17,21,22). The second kappa shape index (κ2) is 8.67. The molecule has 1 atom stereocenters. The number of carbonyl (C=O) groups excluding carboxylic acids is 2. The second-order valence-corrected chi connectivity index (χ2v) is 9.57. The number of primary sulfonamides is 1.